The third-order valence-corrected chi connectivity index (χ3v) is 3.83. The lowest BCUT2D eigenvalue weighted by Gasteiger charge is -2.20. The fourth-order valence-electron chi connectivity index (χ4n) is 2.49. The molecule has 0 aliphatic carbocycles. The first-order chi connectivity index (χ1) is 8.49. The predicted molar refractivity (Wildman–Crippen MR) is 77.6 cm³/mol. The Labute approximate surface area is 116 Å². The zero-order valence-corrected chi connectivity index (χ0v) is 12.5. The predicted octanol–water partition coefficient (Wildman–Crippen LogP) is 3.47. The van der Waals surface area contributed by atoms with Crippen molar-refractivity contribution in [3.05, 3.63) is 28.2 Å². The molecule has 0 fully saturated rings. The molecule has 0 bridgehead atoms. The van der Waals surface area contributed by atoms with Gasteiger partial charge in [-0.2, -0.15) is 0 Å². The van der Waals surface area contributed by atoms with E-state index in [1.54, 1.807) is 0 Å². The number of hydrogen-bond donors (Lipinski definition) is 2. The van der Waals surface area contributed by atoms with Crippen molar-refractivity contribution >= 4 is 27.5 Å². The van der Waals surface area contributed by atoms with Gasteiger partial charge in [-0.1, -0.05) is 35.8 Å². The first-order valence-electron chi connectivity index (χ1n) is 6.34. The van der Waals surface area contributed by atoms with Gasteiger partial charge >= 0.3 is 0 Å². The van der Waals surface area contributed by atoms with Gasteiger partial charge in [0, 0.05) is 21.8 Å². The van der Waals surface area contributed by atoms with Gasteiger partial charge in [-0.15, -0.1) is 0 Å². The van der Waals surface area contributed by atoms with Crippen LogP contribution in [-0.4, -0.2) is 11.9 Å². The van der Waals surface area contributed by atoms with Gasteiger partial charge in [0.1, 0.15) is 6.04 Å². The summed E-state index contributed by atoms with van der Waals surface area (Å²) < 4.78 is 0.979. The van der Waals surface area contributed by atoms with Crippen molar-refractivity contribution in [3.8, 4) is 0 Å². The number of carbonyl (C=O) groups is 1. The number of nitrogens with one attached hydrogen (secondary N) is 2. The third kappa shape index (κ3) is 2.75. The lowest BCUT2D eigenvalue weighted by atomic mass is 10.0. The average Bonchev–Trinajstić information content (AvgIpc) is 2.55. The molecule has 1 amide bonds. The van der Waals surface area contributed by atoms with E-state index in [1.807, 2.05) is 18.2 Å². The van der Waals surface area contributed by atoms with Crippen LogP contribution in [0.25, 0.3) is 0 Å². The molecule has 2 rings (SSSR count). The number of anilines is 1. The lowest BCUT2D eigenvalue weighted by Crippen LogP contribution is -2.35. The molecule has 0 saturated carbocycles. The Bertz CT molecular complexity index is 459. The Morgan fingerprint density at radius 3 is 2.78 bits per heavy atom. The van der Waals surface area contributed by atoms with E-state index in [0.29, 0.717) is 12.0 Å². The molecule has 1 heterocycles. The molecule has 2 atom stereocenters. The van der Waals surface area contributed by atoms with Crippen molar-refractivity contribution in [3.63, 3.8) is 0 Å². The fourth-order valence-corrected chi connectivity index (χ4v) is 3.09. The van der Waals surface area contributed by atoms with Crippen LogP contribution in [0.4, 0.5) is 5.69 Å². The van der Waals surface area contributed by atoms with Gasteiger partial charge in [0.15, 0.2) is 0 Å². The molecule has 1 aromatic rings. The minimum Gasteiger partial charge on any atom is -0.324 e. The number of rotatable bonds is 4. The largest absolute Gasteiger partial charge is 0.324 e. The molecular formula is C14H19BrN2O. The summed E-state index contributed by atoms with van der Waals surface area (Å²) >= 11 is 3.52. The third-order valence-electron chi connectivity index (χ3n) is 3.14. The zero-order valence-electron chi connectivity index (χ0n) is 11.0. The highest BCUT2D eigenvalue weighted by molar-refractivity contribution is 9.10. The zero-order chi connectivity index (χ0) is 13.3. The Morgan fingerprint density at radius 1 is 1.39 bits per heavy atom. The van der Waals surface area contributed by atoms with Crippen molar-refractivity contribution in [1.29, 1.82) is 0 Å². The van der Waals surface area contributed by atoms with Crippen LogP contribution in [0.15, 0.2) is 22.7 Å². The van der Waals surface area contributed by atoms with E-state index in [1.165, 1.54) is 0 Å². The summed E-state index contributed by atoms with van der Waals surface area (Å²) in [5, 5.41) is 6.33. The van der Waals surface area contributed by atoms with E-state index in [2.05, 4.69) is 47.3 Å². The molecule has 4 heteroatoms. The van der Waals surface area contributed by atoms with Gasteiger partial charge in [0.2, 0.25) is 5.91 Å². The van der Waals surface area contributed by atoms with Crippen LogP contribution >= 0.6 is 15.9 Å². The lowest BCUT2D eigenvalue weighted by molar-refractivity contribution is -0.117. The van der Waals surface area contributed by atoms with Crippen LogP contribution in [0.1, 0.15) is 38.8 Å². The molecule has 1 aliphatic rings. The van der Waals surface area contributed by atoms with Gasteiger partial charge in [0.05, 0.1) is 0 Å². The number of hydrogen-bond acceptors (Lipinski definition) is 2. The summed E-state index contributed by atoms with van der Waals surface area (Å²) in [4.78, 5) is 12.0. The van der Waals surface area contributed by atoms with Gasteiger partial charge < -0.3 is 5.32 Å². The van der Waals surface area contributed by atoms with E-state index < -0.39 is 0 Å². The van der Waals surface area contributed by atoms with Crippen molar-refractivity contribution in [2.24, 2.45) is 5.92 Å². The molecule has 18 heavy (non-hydrogen) atoms. The molecule has 0 radical (unpaired) electrons. The Kier molecular flexibility index (Phi) is 4.07. The number of carbonyl (C=O) groups excluding carboxylic acids is 1. The van der Waals surface area contributed by atoms with Crippen molar-refractivity contribution in [1.82, 2.24) is 5.32 Å². The highest BCUT2D eigenvalue weighted by Gasteiger charge is 2.32. The normalized spacial score (nSPS) is 19.8. The highest BCUT2D eigenvalue weighted by Crippen LogP contribution is 2.36. The van der Waals surface area contributed by atoms with Gasteiger partial charge in [0.25, 0.3) is 0 Å². The number of benzene rings is 1. The van der Waals surface area contributed by atoms with E-state index in [0.717, 1.165) is 22.1 Å². The van der Waals surface area contributed by atoms with Gasteiger partial charge in [-0.3, -0.25) is 10.1 Å². The van der Waals surface area contributed by atoms with Crippen molar-refractivity contribution in [2.45, 2.75) is 39.3 Å². The summed E-state index contributed by atoms with van der Waals surface area (Å²) in [7, 11) is 0. The monoisotopic (exact) mass is 310 g/mol. The second-order valence-corrected chi connectivity index (χ2v) is 6.17. The molecular weight excluding hydrogens is 292 g/mol. The van der Waals surface area contributed by atoms with E-state index in [-0.39, 0.29) is 11.9 Å². The molecule has 1 aliphatic heterocycles. The summed E-state index contributed by atoms with van der Waals surface area (Å²) in [5.41, 5.74) is 1.93. The molecule has 98 valence electrons. The van der Waals surface area contributed by atoms with Crippen molar-refractivity contribution in [2.75, 3.05) is 5.32 Å². The van der Waals surface area contributed by atoms with Crippen LogP contribution in [-0.2, 0) is 4.79 Å². The van der Waals surface area contributed by atoms with Crippen LogP contribution in [0, 0.1) is 5.92 Å². The van der Waals surface area contributed by atoms with Crippen LogP contribution < -0.4 is 10.6 Å². The fraction of sp³-hybridized carbons (Fsp3) is 0.500. The van der Waals surface area contributed by atoms with Crippen LogP contribution in [0.2, 0.25) is 0 Å². The van der Waals surface area contributed by atoms with E-state index >= 15 is 0 Å². The van der Waals surface area contributed by atoms with Crippen molar-refractivity contribution < 1.29 is 4.79 Å². The second kappa shape index (κ2) is 5.41. The average molecular weight is 311 g/mol. The van der Waals surface area contributed by atoms with Crippen LogP contribution in [0.3, 0.4) is 0 Å². The Morgan fingerprint density at radius 2 is 2.11 bits per heavy atom. The van der Waals surface area contributed by atoms with Gasteiger partial charge in [-0.05, 0) is 31.4 Å². The van der Waals surface area contributed by atoms with E-state index in [9.17, 15) is 4.79 Å². The second-order valence-electron chi connectivity index (χ2n) is 5.32. The summed E-state index contributed by atoms with van der Waals surface area (Å²) in [6.07, 6.45) is 1.06. The number of halogens is 1. The minimum atomic E-state index is -0.246. The molecule has 2 unspecified atom stereocenters. The topological polar surface area (TPSA) is 41.1 Å². The molecule has 2 N–H and O–H groups in total. The summed E-state index contributed by atoms with van der Waals surface area (Å²) in [5.74, 6) is 0.656. The van der Waals surface area contributed by atoms with Crippen LogP contribution in [0.5, 0.6) is 0 Å². The Balaban J connectivity index is 2.18. The maximum atomic E-state index is 12.0. The van der Waals surface area contributed by atoms with E-state index in [4.69, 9.17) is 0 Å². The minimum absolute atomic E-state index is 0.0347. The quantitative estimate of drug-likeness (QED) is 0.894. The maximum Gasteiger partial charge on any atom is 0.246 e. The number of amides is 1. The summed E-state index contributed by atoms with van der Waals surface area (Å²) in [6.45, 7) is 6.51. The smallest absolute Gasteiger partial charge is 0.246 e. The maximum absolute atomic E-state index is 12.0. The first-order valence-corrected chi connectivity index (χ1v) is 7.13. The van der Waals surface area contributed by atoms with Gasteiger partial charge in [-0.25, -0.2) is 0 Å². The molecule has 1 aromatic carbocycles. The Hall–Kier alpha value is -0.870. The molecule has 0 saturated heterocycles. The standard InChI is InChI=1S/C14H19BrN2O/c1-8(2)7-9(3)16-13-12-10(15)5-4-6-11(12)17-14(13)18/h4-6,8-9,13,16H,7H2,1-3H3,(H,17,18). The molecule has 3 nitrogen and oxygen atoms in total. The highest BCUT2D eigenvalue weighted by atomic mass is 79.9. The number of fused-ring (bicyclic) bond motifs is 1. The summed E-state index contributed by atoms with van der Waals surface area (Å²) in [6, 6.07) is 5.92. The molecule has 0 aromatic heterocycles. The molecule has 0 spiro atoms. The first kappa shape index (κ1) is 13.6. The SMILES string of the molecule is CC(C)CC(C)NC1C(=O)Nc2cccc(Br)c21.